The highest BCUT2D eigenvalue weighted by Crippen LogP contribution is 2.19. The van der Waals surface area contributed by atoms with Crippen LogP contribution in [-0.2, 0) is 4.79 Å². The number of nitrogens with two attached hydrogens (primary N) is 1. The minimum absolute atomic E-state index is 0.189. The maximum atomic E-state index is 11.6. The summed E-state index contributed by atoms with van der Waals surface area (Å²) in [6, 6.07) is 6.89. The molecule has 0 unspecified atom stereocenters. The van der Waals surface area contributed by atoms with Crippen LogP contribution in [0.2, 0.25) is 0 Å². The first-order valence-electron chi connectivity index (χ1n) is 4.36. The van der Waals surface area contributed by atoms with Gasteiger partial charge in [0.15, 0.2) is 0 Å². The molecule has 1 aliphatic heterocycles. The van der Waals surface area contributed by atoms with E-state index in [-0.39, 0.29) is 5.91 Å². The normalized spacial score (nSPS) is 20.6. The molecule has 2 rings (SSSR count). The van der Waals surface area contributed by atoms with E-state index in [1.807, 2.05) is 24.3 Å². The van der Waals surface area contributed by atoms with Crippen LogP contribution in [0.5, 0.6) is 0 Å². The number of amides is 1. The molecule has 0 bridgehead atoms. The van der Waals surface area contributed by atoms with Crippen molar-refractivity contribution in [3.8, 4) is 0 Å². The molecule has 14 heavy (non-hydrogen) atoms. The first-order chi connectivity index (χ1) is 6.70. The van der Waals surface area contributed by atoms with Crippen molar-refractivity contribution in [1.82, 2.24) is 5.01 Å². The molecule has 4 heteroatoms. The van der Waals surface area contributed by atoms with E-state index in [4.69, 9.17) is 5.73 Å². The van der Waals surface area contributed by atoms with Crippen LogP contribution in [0.25, 0.3) is 0 Å². The fraction of sp³-hybridized carbons (Fsp3) is 0.200. The maximum Gasteiger partial charge on any atom is 0.263 e. The number of nitrogens with zero attached hydrogens (tertiary/aromatic N) is 2. The van der Waals surface area contributed by atoms with Gasteiger partial charge in [-0.05, 0) is 11.1 Å². The average Bonchev–Trinajstić information content (AvgIpc) is 2.32. The van der Waals surface area contributed by atoms with E-state index in [0.29, 0.717) is 0 Å². The zero-order valence-corrected chi connectivity index (χ0v) is 7.84. The highest BCUT2D eigenvalue weighted by atomic mass is 16.2. The van der Waals surface area contributed by atoms with Crippen molar-refractivity contribution in [1.29, 1.82) is 0 Å². The highest BCUT2D eigenvalue weighted by molar-refractivity contribution is 5.92. The highest BCUT2D eigenvalue weighted by Gasteiger charge is 2.23. The van der Waals surface area contributed by atoms with Crippen LogP contribution < -0.4 is 5.73 Å². The Balaban J connectivity index is 2.54. The van der Waals surface area contributed by atoms with Gasteiger partial charge in [-0.3, -0.25) is 4.79 Å². The van der Waals surface area contributed by atoms with Gasteiger partial charge >= 0.3 is 0 Å². The summed E-state index contributed by atoms with van der Waals surface area (Å²) in [6.07, 6.45) is 1.65. The SMILES string of the molecule is CN1N=Cc2ccccc2[C@H](N)C1=O. The van der Waals surface area contributed by atoms with E-state index in [9.17, 15) is 4.79 Å². The standard InChI is InChI=1S/C10H11N3O/c1-13-10(14)9(11)8-5-3-2-4-7(8)6-12-13/h2-6,9H,11H2,1H3/t9-/m0/s1. The largest absolute Gasteiger partial charge is 0.316 e. The van der Waals surface area contributed by atoms with Gasteiger partial charge in [0.25, 0.3) is 5.91 Å². The number of likely N-dealkylation sites (N-methyl/N-ethyl adjacent to an activating group) is 1. The van der Waals surface area contributed by atoms with E-state index < -0.39 is 6.04 Å². The number of carbonyl (C=O) groups excluding carboxylic acids is 1. The molecule has 1 heterocycles. The Morgan fingerprint density at radius 2 is 2.14 bits per heavy atom. The van der Waals surface area contributed by atoms with E-state index >= 15 is 0 Å². The second kappa shape index (κ2) is 3.23. The molecule has 1 atom stereocenters. The Morgan fingerprint density at radius 1 is 1.43 bits per heavy atom. The van der Waals surface area contributed by atoms with Crippen molar-refractivity contribution in [2.45, 2.75) is 6.04 Å². The molecule has 4 nitrogen and oxygen atoms in total. The Morgan fingerprint density at radius 3 is 2.93 bits per heavy atom. The molecular weight excluding hydrogens is 178 g/mol. The lowest BCUT2D eigenvalue weighted by molar-refractivity contribution is -0.131. The van der Waals surface area contributed by atoms with E-state index in [1.165, 1.54) is 5.01 Å². The summed E-state index contributed by atoms with van der Waals surface area (Å²) in [6.45, 7) is 0. The minimum atomic E-state index is -0.612. The van der Waals surface area contributed by atoms with Crippen molar-refractivity contribution in [3.63, 3.8) is 0 Å². The minimum Gasteiger partial charge on any atom is -0.316 e. The third-order valence-electron chi connectivity index (χ3n) is 2.29. The van der Waals surface area contributed by atoms with Crippen LogP contribution in [0, 0.1) is 0 Å². The quantitative estimate of drug-likeness (QED) is 0.645. The second-order valence-electron chi connectivity index (χ2n) is 3.21. The number of benzene rings is 1. The van der Waals surface area contributed by atoms with E-state index in [1.54, 1.807) is 13.3 Å². The van der Waals surface area contributed by atoms with Gasteiger partial charge in [-0.25, -0.2) is 5.01 Å². The Bertz CT molecular complexity index is 400. The van der Waals surface area contributed by atoms with Crippen LogP contribution in [0.3, 0.4) is 0 Å². The van der Waals surface area contributed by atoms with Crippen LogP contribution in [0.15, 0.2) is 29.4 Å². The Hall–Kier alpha value is -1.68. The molecule has 0 saturated heterocycles. The zero-order valence-electron chi connectivity index (χ0n) is 7.84. The molecule has 0 spiro atoms. The Kier molecular flexibility index (Phi) is 2.05. The molecule has 0 fully saturated rings. The fourth-order valence-electron chi connectivity index (χ4n) is 1.45. The number of hydrogen-bond acceptors (Lipinski definition) is 3. The molecule has 1 aromatic rings. The summed E-state index contributed by atoms with van der Waals surface area (Å²) in [7, 11) is 1.60. The van der Waals surface area contributed by atoms with Gasteiger partial charge in [-0.1, -0.05) is 24.3 Å². The summed E-state index contributed by atoms with van der Waals surface area (Å²) in [5.74, 6) is -0.189. The molecule has 1 aromatic carbocycles. The molecule has 0 radical (unpaired) electrons. The summed E-state index contributed by atoms with van der Waals surface area (Å²) < 4.78 is 0. The third-order valence-corrected chi connectivity index (χ3v) is 2.29. The molecule has 2 N–H and O–H groups in total. The molecule has 72 valence electrons. The van der Waals surface area contributed by atoms with Crippen LogP contribution in [0.1, 0.15) is 17.2 Å². The van der Waals surface area contributed by atoms with E-state index in [0.717, 1.165) is 11.1 Å². The number of carbonyl (C=O) groups is 1. The molecule has 0 aromatic heterocycles. The predicted molar refractivity (Wildman–Crippen MR) is 53.7 cm³/mol. The zero-order chi connectivity index (χ0) is 10.1. The number of rotatable bonds is 0. The molecule has 0 aliphatic carbocycles. The Labute approximate surface area is 82.0 Å². The fourth-order valence-corrected chi connectivity index (χ4v) is 1.45. The average molecular weight is 189 g/mol. The lowest BCUT2D eigenvalue weighted by Gasteiger charge is -2.14. The first-order valence-corrected chi connectivity index (χ1v) is 4.36. The van der Waals surface area contributed by atoms with Gasteiger partial charge in [0, 0.05) is 7.05 Å². The van der Waals surface area contributed by atoms with Crippen molar-refractivity contribution in [2.75, 3.05) is 7.05 Å². The maximum absolute atomic E-state index is 11.6. The number of fused-ring (bicyclic) bond motifs is 1. The topological polar surface area (TPSA) is 58.7 Å². The number of hydrazone groups is 1. The first kappa shape index (κ1) is 8.90. The lowest BCUT2D eigenvalue weighted by atomic mass is 10.0. The summed E-state index contributed by atoms with van der Waals surface area (Å²) in [4.78, 5) is 11.6. The summed E-state index contributed by atoms with van der Waals surface area (Å²) in [5, 5.41) is 5.24. The number of hydrogen-bond donors (Lipinski definition) is 1. The molecule has 1 amide bonds. The van der Waals surface area contributed by atoms with Crippen molar-refractivity contribution < 1.29 is 4.79 Å². The van der Waals surface area contributed by atoms with Gasteiger partial charge in [-0.2, -0.15) is 5.10 Å². The van der Waals surface area contributed by atoms with Gasteiger partial charge < -0.3 is 5.73 Å². The molecular formula is C10H11N3O. The monoisotopic (exact) mass is 189 g/mol. The van der Waals surface area contributed by atoms with Gasteiger partial charge in [0.1, 0.15) is 6.04 Å². The summed E-state index contributed by atoms with van der Waals surface area (Å²) >= 11 is 0. The second-order valence-corrected chi connectivity index (χ2v) is 3.21. The van der Waals surface area contributed by atoms with Crippen LogP contribution >= 0.6 is 0 Å². The van der Waals surface area contributed by atoms with Crippen LogP contribution in [0.4, 0.5) is 0 Å². The molecule has 0 saturated carbocycles. The lowest BCUT2D eigenvalue weighted by Crippen LogP contribution is -2.31. The van der Waals surface area contributed by atoms with Gasteiger partial charge in [-0.15, -0.1) is 0 Å². The van der Waals surface area contributed by atoms with Crippen molar-refractivity contribution in [3.05, 3.63) is 35.4 Å². The van der Waals surface area contributed by atoms with Gasteiger partial charge in [0.2, 0.25) is 0 Å². The van der Waals surface area contributed by atoms with Crippen molar-refractivity contribution in [2.24, 2.45) is 10.8 Å². The predicted octanol–water partition coefficient (Wildman–Crippen LogP) is 0.492. The van der Waals surface area contributed by atoms with E-state index in [2.05, 4.69) is 5.10 Å². The molecule has 1 aliphatic rings. The van der Waals surface area contributed by atoms with Crippen LogP contribution in [-0.4, -0.2) is 24.2 Å². The van der Waals surface area contributed by atoms with Crippen molar-refractivity contribution >= 4 is 12.1 Å². The third kappa shape index (κ3) is 1.29. The smallest absolute Gasteiger partial charge is 0.263 e. The van der Waals surface area contributed by atoms with Gasteiger partial charge in [0.05, 0.1) is 6.21 Å². The summed E-state index contributed by atoms with van der Waals surface area (Å²) in [5.41, 5.74) is 7.53.